The first-order valence-corrected chi connectivity index (χ1v) is 4.57. The number of Topliss-reactive ketones (excluding diaryl/α,β-unsaturated/α-hetero) is 1. The molecule has 0 spiro atoms. The number of hydrogen-bond donors (Lipinski definition) is 0. The van der Waals surface area contributed by atoms with Crippen LogP contribution in [-0.2, 0) is 24.3 Å². The van der Waals surface area contributed by atoms with Gasteiger partial charge in [-0.2, -0.15) is 0 Å². The molecule has 2 aliphatic rings. The van der Waals surface area contributed by atoms with Gasteiger partial charge in [0.05, 0.1) is 0 Å². The summed E-state index contributed by atoms with van der Waals surface area (Å²) in [6.45, 7) is 2.15. The van der Waals surface area contributed by atoms with Crippen molar-refractivity contribution in [3.63, 3.8) is 0 Å². The fraction of sp³-hybridized carbons (Fsp3) is 0.455. The molecule has 1 atom stereocenters. The van der Waals surface area contributed by atoms with Gasteiger partial charge in [0, 0.05) is 25.4 Å². The Labute approximate surface area is 92.0 Å². The van der Waals surface area contributed by atoms with Crippen LogP contribution in [0.15, 0.2) is 23.3 Å². The normalized spacial score (nSPS) is 25.3. The largest absolute Gasteiger partial charge is 0.300 e. The summed E-state index contributed by atoms with van der Waals surface area (Å²) in [7, 11) is 0. The summed E-state index contributed by atoms with van der Waals surface area (Å²) in [5.74, 6) is 0.616. The molecule has 13 heavy (non-hydrogen) atoms. The molecule has 1 saturated carbocycles. The fourth-order valence-electron chi connectivity index (χ4n) is 1.91. The van der Waals surface area contributed by atoms with E-state index >= 15 is 0 Å². The number of carbonyl (C=O) groups is 1. The maximum absolute atomic E-state index is 11.4. The van der Waals surface area contributed by atoms with Crippen molar-refractivity contribution < 1.29 is 24.3 Å². The molecular formula is C11H13OZn-. The van der Waals surface area contributed by atoms with E-state index in [1.54, 1.807) is 0 Å². The van der Waals surface area contributed by atoms with Crippen LogP contribution in [0.2, 0.25) is 0 Å². The van der Waals surface area contributed by atoms with Gasteiger partial charge in [0.2, 0.25) is 0 Å². The third-order valence-corrected chi connectivity index (χ3v) is 2.76. The molecule has 0 aromatic rings. The Bertz CT molecular complexity index is 276. The average molecular weight is 227 g/mol. The van der Waals surface area contributed by atoms with Gasteiger partial charge in [-0.05, 0) is 19.3 Å². The molecule has 1 fully saturated rings. The Morgan fingerprint density at radius 2 is 2.31 bits per heavy atom. The number of hydrogen-bond acceptors (Lipinski definition) is 1. The maximum Gasteiger partial charge on any atom is 0.124 e. The molecule has 2 heteroatoms. The zero-order valence-electron chi connectivity index (χ0n) is 8.05. The van der Waals surface area contributed by atoms with E-state index in [4.69, 9.17) is 0 Å². The molecule has 2 aliphatic carbocycles. The number of fused-ring (bicyclic) bond motifs is 1. The summed E-state index contributed by atoms with van der Waals surface area (Å²) in [5, 5.41) is 0. The Balaban J connectivity index is 0.000000845. The van der Waals surface area contributed by atoms with Crippen LogP contribution < -0.4 is 0 Å². The van der Waals surface area contributed by atoms with Gasteiger partial charge in [-0.3, -0.25) is 0 Å². The molecule has 0 aromatic carbocycles. The van der Waals surface area contributed by atoms with Crippen molar-refractivity contribution in [3.05, 3.63) is 29.7 Å². The summed E-state index contributed by atoms with van der Waals surface area (Å²) in [6, 6.07) is 0. The SMILES string of the molecule is CCC1=CC=C2[CH-]CC(=O)C2C1.[Zn]. The molecule has 1 unspecified atom stereocenters. The van der Waals surface area contributed by atoms with E-state index in [1.165, 1.54) is 11.1 Å². The van der Waals surface area contributed by atoms with Crippen molar-refractivity contribution in [3.8, 4) is 0 Å². The van der Waals surface area contributed by atoms with Gasteiger partial charge in [0.25, 0.3) is 0 Å². The van der Waals surface area contributed by atoms with Crippen molar-refractivity contribution in [2.75, 3.05) is 0 Å². The average Bonchev–Trinajstić information content (AvgIpc) is 2.47. The Morgan fingerprint density at radius 3 is 3.00 bits per heavy atom. The smallest absolute Gasteiger partial charge is 0.124 e. The molecule has 0 heterocycles. The molecule has 0 radical (unpaired) electrons. The molecule has 0 amide bonds. The zero-order chi connectivity index (χ0) is 8.55. The second kappa shape index (κ2) is 4.24. The quantitative estimate of drug-likeness (QED) is 0.496. The van der Waals surface area contributed by atoms with Gasteiger partial charge in [-0.1, -0.05) is 12.5 Å². The van der Waals surface area contributed by atoms with Crippen molar-refractivity contribution in [1.82, 2.24) is 0 Å². The number of rotatable bonds is 1. The topological polar surface area (TPSA) is 17.1 Å². The molecule has 66 valence electrons. The standard InChI is InChI=1S/C11H13O.Zn/c1-2-8-3-4-9-5-6-11(12)10(9)7-8;/h3-5,10H,2,6-7H2,1H3;/q-1;. The fourth-order valence-corrected chi connectivity index (χ4v) is 1.91. The third-order valence-electron chi connectivity index (χ3n) is 2.76. The van der Waals surface area contributed by atoms with Crippen LogP contribution in [0.3, 0.4) is 0 Å². The van der Waals surface area contributed by atoms with Gasteiger partial charge in [0.1, 0.15) is 5.78 Å². The van der Waals surface area contributed by atoms with Crippen LogP contribution >= 0.6 is 0 Å². The van der Waals surface area contributed by atoms with E-state index in [0.29, 0.717) is 12.2 Å². The van der Waals surface area contributed by atoms with Crippen molar-refractivity contribution in [1.29, 1.82) is 0 Å². The predicted octanol–water partition coefficient (Wildman–Crippen LogP) is 2.44. The summed E-state index contributed by atoms with van der Waals surface area (Å²) < 4.78 is 0. The molecule has 0 aromatic heterocycles. The molecule has 0 bridgehead atoms. The molecule has 0 saturated heterocycles. The minimum atomic E-state index is 0. The first-order valence-electron chi connectivity index (χ1n) is 4.57. The second-order valence-electron chi connectivity index (χ2n) is 3.48. The Morgan fingerprint density at radius 1 is 1.54 bits per heavy atom. The third kappa shape index (κ3) is 1.94. The summed E-state index contributed by atoms with van der Waals surface area (Å²) in [5.41, 5.74) is 2.66. The summed E-state index contributed by atoms with van der Waals surface area (Å²) in [6.07, 6.45) is 9.04. The van der Waals surface area contributed by atoms with E-state index in [-0.39, 0.29) is 25.4 Å². The number of ketones is 1. The predicted molar refractivity (Wildman–Crippen MR) is 48.5 cm³/mol. The van der Waals surface area contributed by atoms with Gasteiger partial charge in [0.15, 0.2) is 0 Å². The van der Waals surface area contributed by atoms with E-state index in [1.807, 2.05) is 0 Å². The van der Waals surface area contributed by atoms with Crippen molar-refractivity contribution >= 4 is 5.78 Å². The first kappa shape index (κ1) is 10.7. The van der Waals surface area contributed by atoms with Gasteiger partial charge in [-0.25, -0.2) is 18.1 Å². The zero-order valence-corrected chi connectivity index (χ0v) is 11.0. The minimum Gasteiger partial charge on any atom is -0.300 e. The van der Waals surface area contributed by atoms with E-state index in [2.05, 4.69) is 25.5 Å². The molecule has 2 rings (SSSR count). The summed E-state index contributed by atoms with van der Waals surface area (Å²) >= 11 is 0. The number of carbonyl (C=O) groups excluding carboxylic acids is 1. The van der Waals surface area contributed by atoms with Gasteiger partial charge in [-0.15, -0.1) is 6.08 Å². The molecule has 1 nitrogen and oxygen atoms in total. The van der Waals surface area contributed by atoms with Gasteiger partial charge >= 0.3 is 0 Å². The van der Waals surface area contributed by atoms with E-state index in [9.17, 15) is 4.79 Å². The van der Waals surface area contributed by atoms with E-state index in [0.717, 1.165) is 12.8 Å². The monoisotopic (exact) mass is 225 g/mol. The molecular weight excluding hydrogens is 214 g/mol. The second-order valence-corrected chi connectivity index (χ2v) is 3.48. The van der Waals surface area contributed by atoms with Gasteiger partial charge < -0.3 is 4.79 Å². The first-order chi connectivity index (χ1) is 5.81. The van der Waals surface area contributed by atoms with Crippen LogP contribution in [0.25, 0.3) is 0 Å². The minimum absolute atomic E-state index is 0. The van der Waals surface area contributed by atoms with Crippen LogP contribution in [0.1, 0.15) is 26.2 Å². The van der Waals surface area contributed by atoms with Crippen molar-refractivity contribution in [2.45, 2.75) is 26.2 Å². The van der Waals surface area contributed by atoms with Crippen LogP contribution in [0.4, 0.5) is 0 Å². The van der Waals surface area contributed by atoms with Crippen LogP contribution in [0, 0.1) is 12.3 Å². The van der Waals surface area contributed by atoms with Crippen molar-refractivity contribution in [2.24, 2.45) is 5.92 Å². The van der Waals surface area contributed by atoms with Crippen LogP contribution in [-0.4, -0.2) is 5.78 Å². The molecule has 0 N–H and O–H groups in total. The number of allylic oxidation sites excluding steroid dienone is 4. The maximum atomic E-state index is 11.4. The van der Waals surface area contributed by atoms with E-state index < -0.39 is 0 Å². The molecule has 0 aliphatic heterocycles. The Kier molecular flexibility index (Phi) is 3.49. The summed E-state index contributed by atoms with van der Waals surface area (Å²) in [4.78, 5) is 11.4. The Hall–Kier alpha value is -0.357. The van der Waals surface area contributed by atoms with Crippen LogP contribution in [0.5, 0.6) is 0 Å².